The molecule has 0 saturated carbocycles. The van der Waals surface area contributed by atoms with E-state index in [4.69, 9.17) is 16.3 Å². The Labute approximate surface area is 194 Å². The summed E-state index contributed by atoms with van der Waals surface area (Å²) in [4.78, 5) is 22.2. The highest BCUT2D eigenvalue weighted by Gasteiger charge is 2.34. The topological polar surface area (TPSA) is 92.7 Å². The maximum atomic E-state index is 12.7. The molecule has 8 nitrogen and oxygen atoms in total. The van der Waals surface area contributed by atoms with Crippen LogP contribution in [0.1, 0.15) is 39.2 Å². The number of nitrogens with zero attached hydrogens (tertiary/aromatic N) is 4. The van der Waals surface area contributed by atoms with Crippen molar-refractivity contribution in [2.24, 2.45) is 0 Å². The van der Waals surface area contributed by atoms with E-state index in [0.717, 1.165) is 11.1 Å². The quantitative estimate of drug-likeness (QED) is 0.601. The predicted molar refractivity (Wildman–Crippen MR) is 124 cm³/mol. The molecule has 1 aromatic carbocycles. The second kappa shape index (κ2) is 9.72. The molecule has 10 heteroatoms. The van der Waals surface area contributed by atoms with Gasteiger partial charge in [0.05, 0.1) is 11.9 Å². The molecule has 2 heterocycles. The number of amides is 1. The van der Waals surface area contributed by atoms with Crippen LogP contribution < -0.4 is 0 Å². The molecule has 0 bridgehead atoms. The molecule has 1 saturated heterocycles. The highest BCUT2D eigenvalue weighted by Crippen LogP contribution is 2.25. The van der Waals surface area contributed by atoms with E-state index in [1.807, 2.05) is 45.0 Å². The number of carbonyl (C=O) groups excluding carboxylic acids is 1. The molecule has 174 valence electrons. The fourth-order valence-corrected chi connectivity index (χ4v) is 4.95. The predicted octanol–water partition coefficient (Wildman–Crippen LogP) is 3.96. The summed E-state index contributed by atoms with van der Waals surface area (Å²) in [6.07, 6.45) is 3.74. The van der Waals surface area contributed by atoms with E-state index < -0.39 is 21.7 Å². The van der Waals surface area contributed by atoms with Gasteiger partial charge >= 0.3 is 6.09 Å². The second-order valence-electron chi connectivity index (χ2n) is 8.94. The summed E-state index contributed by atoms with van der Waals surface area (Å²) >= 11 is 5.91. The molecule has 1 fully saturated rings. The van der Waals surface area contributed by atoms with Crippen LogP contribution in [0.2, 0.25) is 5.28 Å². The zero-order chi connectivity index (χ0) is 23.5. The maximum Gasteiger partial charge on any atom is 0.410 e. The van der Waals surface area contributed by atoms with Crippen molar-refractivity contribution in [2.75, 3.05) is 19.3 Å². The molecule has 1 amide bonds. The van der Waals surface area contributed by atoms with Crippen LogP contribution in [0.25, 0.3) is 11.3 Å². The van der Waals surface area contributed by atoms with Crippen LogP contribution in [0.5, 0.6) is 0 Å². The summed E-state index contributed by atoms with van der Waals surface area (Å²) in [5, 5.41) is 0.148. The minimum absolute atomic E-state index is 0.148. The Balaban J connectivity index is 1.81. The number of halogens is 1. The number of piperidine rings is 1. The van der Waals surface area contributed by atoms with E-state index >= 15 is 0 Å². The van der Waals surface area contributed by atoms with Crippen molar-refractivity contribution in [3.8, 4) is 11.3 Å². The molecule has 3 rings (SSSR count). The Morgan fingerprint density at radius 3 is 2.72 bits per heavy atom. The van der Waals surface area contributed by atoms with Gasteiger partial charge in [-0.25, -0.2) is 23.2 Å². The van der Waals surface area contributed by atoms with E-state index in [1.54, 1.807) is 17.2 Å². The Hall–Kier alpha value is -2.23. The Morgan fingerprint density at radius 1 is 1.31 bits per heavy atom. The van der Waals surface area contributed by atoms with Crippen LogP contribution in [0.4, 0.5) is 4.79 Å². The molecule has 1 aliphatic rings. The first-order valence-corrected chi connectivity index (χ1v) is 12.7. The number of ether oxygens (including phenoxy) is 1. The first kappa shape index (κ1) is 24.4. The highest BCUT2D eigenvalue weighted by molar-refractivity contribution is 7.88. The summed E-state index contributed by atoms with van der Waals surface area (Å²) in [7, 11) is -3.52. The highest BCUT2D eigenvalue weighted by atomic mass is 35.5. The molecule has 1 atom stereocenters. The van der Waals surface area contributed by atoms with Crippen molar-refractivity contribution in [3.63, 3.8) is 0 Å². The number of hydrogen-bond donors (Lipinski definition) is 0. The first-order valence-electron chi connectivity index (χ1n) is 10.4. The Bertz CT molecular complexity index is 1070. The lowest BCUT2D eigenvalue weighted by Crippen LogP contribution is -2.52. The number of sulfonamides is 1. The summed E-state index contributed by atoms with van der Waals surface area (Å²) in [5.74, 6) is 0. The van der Waals surface area contributed by atoms with Crippen molar-refractivity contribution >= 4 is 27.7 Å². The second-order valence-corrected chi connectivity index (χ2v) is 11.2. The molecule has 1 unspecified atom stereocenters. The van der Waals surface area contributed by atoms with E-state index in [1.165, 1.54) is 10.6 Å². The van der Waals surface area contributed by atoms with Gasteiger partial charge in [0.1, 0.15) is 5.60 Å². The van der Waals surface area contributed by atoms with Crippen molar-refractivity contribution < 1.29 is 17.9 Å². The van der Waals surface area contributed by atoms with Gasteiger partial charge in [-0.2, -0.15) is 4.31 Å². The van der Waals surface area contributed by atoms with E-state index in [2.05, 4.69) is 9.97 Å². The molecule has 0 N–H and O–H groups in total. The number of rotatable bonds is 5. The number of carbonyl (C=O) groups is 1. The van der Waals surface area contributed by atoms with Gasteiger partial charge in [0.15, 0.2) is 0 Å². The van der Waals surface area contributed by atoms with Gasteiger partial charge < -0.3 is 9.64 Å². The van der Waals surface area contributed by atoms with Crippen LogP contribution in [0.15, 0.2) is 36.5 Å². The van der Waals surface area contributed by atoms with E-state index in [-0.39, 0.29) is 17.9 Å². The summed E-state index contributed by atoms with van der Waals surface area (Å²) < 4.78 is 32.3. The third-order valence-corrected chi connectivity index (χ3v) is 6.53. The SMILES string of the molecule is CC(C)(C)OC(=O)N1CCCC(N(Cc2cccc(-c3ccnc(Cl)n3)c2)S(C)(=O)=O)C1. The lowest BCUT2D eigenvalue weighted by Gasteiger charge is -2.38. The van der Waals surface area contributed by atoms with Gasteiger partial charge in [-0.1, -0.05) is 18.2 Å². The third-order valence-electron chi connectivity index (χ3n) is 5.07. The molecule has 2 aromatic rings. The third kappa shape index (κ3) is 6.63. The molecule has 1 aromatic heterocycles. The fraction of sp³-hybridized carbons (Fsp3) is 0.500. The molecule has 0 radical (unpaired) electrons. The van der Waals surface area contributed by atoms with Gasteiger partial charge in [0.25, 0.3) is 0 Å². The first-order chi connectivity index (χ1) is 14.9. The largest absolute Gasteiger partial charge is 0.444 e. The summed E-state index contributed by atoms with van der Waals surface area (Å²) in [6, 6.07) is 8.93. The van der Waals surface area contributed by atoms with Crippen LogP contribution in [0, 0.1) is 0 Å². The standard InChI is InChI=1S/C22H29ClN4O4S/c1-22(2,3)31-21(28)26-12-6-9-18(15-26)27(32(4,29)30)14-16-7-5-8-17(13-16)19-10-11-24-20(23)25-19/h5,7-8,10-11,13,18H,6,9,12,14-15H2,1-4H3. The normalized spacial score (nSPS) is 17.4. The fourth-order valence-electron chi connectivity index (χ4n) is 3.70. The number of benzene rings is 1. The van der Waals surface area contributed by atoms with Gasteiger partial charge in [0.2, 0.25) is 15.3 Å². The molecular weight excluding hydrogens is 452 g/mol. The van der Waals surface area contributed by atoms with Gasteiger partial charge in [-0.05, 0) is 62.9 Å². The van der Waals surface area contributed by atoms with E-state index in [0.29, 0.717) is 31.6 Å². The lowest BCUT2D eigenvalue weighted by atomic mass is 10.0. The van der Waals surface area contributed by atoms with Crippen LogP contribution >= 0.6 is 11.6 Å². The molecule has 32 heavy (non-hydrogen) atoms. The minimum Gasteiger partial charge on any atom is -0.444 e. The molecule has 1 aliphatic heterocycles. The Kier molecular flexibility index (Phi) is 7.42. The average molecular weight is 481 g/mol. The average Bonchev–Trinajstić information content (AvgIpc) is 2.70. The van der Waals surface area contributed by atoms with Gasteiger partial charge in [-0.15, -0.1) is 0 Å². The zero-order valence-electron chi connectivity index (χ0n) is 18.8. The number of aromatic nitrogens is 2. The van der Waals surface area contributed by atoms with Crippen molar-refractivity contribution in [1.29, 1.82) is 0 Å². The van der Waals surface area contributed by atoms with Crippen molar-refractivity contribution in [2.45, 2.75) is 51.8 Å². The van der Waals surface area contributed by atoms with Crippen LogP contribution in [-0.2, 0) is 21.3 Å². The van der Waals surface area contributed by atoms with Gasteiger partial charge in [0, 0.05) is 37.4 Å². The van der Waals surface area contributed by atoms with Gasteiger partial charge in [-0.3, -0.25) is 0 Å². The van der Waals surface area contributed by atoms with Crippen molar-refractivity contribution in [3.05, 3.63) is 47.4 Å². The zero-order valence-corrected chi connectivity index (χ0v) is 20.4. The summed E-state index contributed by atoms with van der Waals surface area (Å²) in [5.41, 5.74) is 1.69. The van der Waals surface area contributed by atoms with Crippen molar-refractivity contribution in [1.82, 2.24) is 19.2 Å². The maximum absolute atomic E-state index is 12.7. The summed E-state index contributed by atoms with van der Waals surface area (Å²) in [6.45, 7) is 6.47. The Morgan fingerprint density at radius 2 is 2.06 bits per heavy atom. The minimum atomic E-state index is -3.52. The molecular formula is C22H29ClN4O4S. The molecule has 0 aliphatic carbocycles. The molecule has 0 spiro atoms. The van der Waals surface area contributed by atoms with Crippen LogP contribution in [-0.4, -0.2) is 64.7 Å². The van der Waals surface area contributed by atoms with Crippen LogP contribution in [0.3, 0.4) is 0 Å². The number of likely N-dealkylation sites (tertiary alicyclic amines) is 1. The smallest absolute Gasteiger partial charge is 0.410 e. The monoisotopic (exact) mass is 480 g/mol. The lowest BCUT2D eigenvalue weighted by molar-refractivity contribution is 0.0152. The number of hydrogen-bond acceptors (Lipinski definition) is 6. The van der Waals surface area contributed by atoms with E-state index in [9.17, 15) is 13.2 Å².